The normalized spacial score (nSPS) is 21.4. The Hall–Kier alpha value is -0.910. The molecule has 0 saturated carbocycles. The molecule has 1 aromatic rings. The summed E-state index contributed by atoms with van der Waals surface area (Å²) in [4.78, 5) is 0. The lowest BCUT2D eigenvalue weighted by Crippen LogP contribution is -2.32. The molecule has 5 heteroatoms. The van der Waals surface area contributed by atoms with Crippen molar-refractivity contribution in [2.24, 2.45) is 12.8 Å². The van der Waals surface area contributed by atoms with E-state index in [1.807, 2.05) is 26.4 Å². The average Bonchev–Trinajstić information content (AvgIpc) is 2.73. The molecule has 1 aliphatic rings. The van der Waals surface area contributed by atoms with Crippen LogP contribution in [0, 0.1) is 0 Å². The van der Waals surface area contributed by atoms with Gasteiger partial charge in [-0.05, 0) is 19.8 Å². The number of rotatable bonds is 4. The van der Waals surface area contributed by atoms with Crippen molar-refractivity contribution in [3.05, 3.63) is 18.0 Å². The first kappa shape index (κ1) is 12.5. The molecule has 2 N–H and O–H groups in total. The smallest absolute Gasteiger partial charge is 0.101 e. The molecular formula is C12H21N3O2. The van der Waals surface area contributed by atoms with E-state index in [1.54, 1.807) is 4.68 Å². The van der Waals surface area contributed by atoms with Crippen molar-refractivity contribution < 1.29 is 9.47 Å². The second kappa shape index (κ2) is 5.62. The van der Waals surface area contributed by atoms with E-state index in [0.29, 0.717) is 0 Å². The van der Waals surface area contributed by atoms with E-state index in [9.17, 15) is 0 Å². The van der Waals surface area contributed by atoms with E-state index in [-0.39, 0.29) is 18.2 Å². The molecule has 96 valence electrons. The van der Waals surface area contributed by atoms with Gasteiger partial charge in [0.15, 0.2) is 0 Å². The third-order valence-corrected chi connectivity index (χ3v) is 3.04. The molecule has 1 aromatic heterocycles. The topological polar surface area (TPSA) is 62.3 Å². The molecule has 2 heterocycles. The zero-order valence-corrected chi connectivity index (χ0v) is 10.5. The van der Waals surface area contributed by atoms with Crippen LogP contribution in [0.25, 0.3) is 0 Å². The molecule has 0 radical (unpaired) electrons. The highest BCUT2D eigenvalue weighted by Gasteiger charge is 2.24. The third-order valence-electron chi connectivity index (χ3n) is 3.04. The maximum atomic E-state index is 6.09. The first-order valence-electron chi connectivity index (χ1n) is 6.14. The van der Waals surface area contributed by atoms with Crippen molar-refractivity contribution in [3.63, 3.8) is 0 Å². The van der Waals surface area contributed by atoms with E-state index >= 15 is 0 Å². The molecule has 1 saturated heterocycles. The minimum absolute atomic E-state index is 0.0398. The van der Waals surface area contributed by atoms with Crippen LogP contribution in [-0.2, 0) is 16.5 Å². The summed E-state index contributed by atoms with van der Waals surface area (Å²) in [7, 11) is 1.90. The predicted octanol–water partition coefficient (Wildman–Crippen LogP) is 1.00. The molecule has 5 nitrogen and oxygen atoms in total. The molecule has 2 rings (SSSR count). The summed E-state index contributed by atoms with van der Waals surface area (Å²) in [6.07, 6.45) is 5.86. The van der Waals surface area contributed by atoms with Gasteiger partial charge in [0.05, 0.1) is 12.3 Å². The highest BCUT2D eigenvalue weighted by Crippen LogP contribution is 2.24. The van der Waals surface area contributed by atoms with Crippen LogP contribution in [0.1, 0.15) is 31.4 Å². The van der Waals surface area contributed by atoms with Gasteiger partial charge in [-0.2, -0.15) is 5.10 Å². The second-order valence-electron chi connectivity index (χ2n) is 4.67. The van der Waals surface area contributed by atoms with Crippen molar-refractivity contribution in [3.8, 4) is 0 Å². The number of nitrogens with zero attached hydrogens (tertiary/aromatic N) is 2. The third kappa shape index (κ3) is 3.28. The van der Waals surface area contributed by atoms with Gasteiger partial charge in [0.25, 0.3) is 0 Å². The Balaban J connectivity index is 2.01. The zero-order valence-electron chi connectivity index (χ0n) is 10.5. The lowest BCUT2D eigenvalue weighted by atomic mass is 10.1. The number of nitrogens with two attached hydrogens (primary N) is 1. The fraction of sp³-hybridized carbons (Fsp3) is 0.750. The van der Waals surface area contributed by atoms with E-state index in [2.05, 4.69) is 5.10 Å². The summed E-state index contributed by atoms with van der Waals surface area (Å²) >= 11 is 0. The molecule has 1 fully saturated rings. The highest BCUT2D eigenvalue weighted by molar-refractivity contribution is 5.10. The highest BCUT2D eigenvalue weighted by atomic mass is 16.5. The van der Waals surface area contributed by atoms with E-state index in [0.717, 1.165) is 31.6 Å². The average molecular weight is 239 g/mol. The molecule has 0 spiro atoms. The quantitative estimate of drug-likeness (QED) is 0.851. The van der Waals surface area contributed by atoms with Gasteiger partial charge in [0.2, 0.25) is 0 Å². The molecular weight excluding hydrogens is 218 g/mol. The largest absolute Gasteiger partial charge is 0.381 e. The first-order valence-corrected chi connectivity index (χ1v) is 6.14. The SMILES string of the molecule is CC(N)C(OC1CCOCC1)c1cnn(C)c1. The van der Waals surface area contributed by atoms with Gasteiger partial charge in [-0.15, -0.1) is 0 Å². The van der Waals surface area contributed by atoms with Crippen molar-refractivity contribution in [2.45, 2.75) is 38.0 Å². The van der Waals surface area contributed by atoms with Gasteiger partial charge >= 0.3 is 0 Å². The van der Waals surface area contributed by atoms with Crippen LogP contribution in [0.2, 0.25) is 0 Å². The minimum Gasteiger partial charge on any atom is -0.381 e. The van der Waals surface area contributed by atoms with Gasteiger partial charge in [-0.3, -0.25) is 4.68 Å². The first-order chi connectivity index (χ1) is 8.16. The Bertz CT molecular complexity index is 345. The summed E-state index contributed by atoms with van der Waals surface area (Å²) in [6.45, 7) is 3.53. The standard InChI is InChI=1S/C12H21N3O2/c1-9(13)12(10-7-14-15(2)8-10)17-11-3-5-16-6-4-11/h7-9,11-12H,3-6,13H2,1-2H3. The van der Waals surface area contributed by atoms with Gasteiger partial charge in [-0.25, -0.2) is 0 Å². The molecule has 0 aliphatic carbocycles. The summed E-state index contributed by atoms with van der Waals surface area (Å²) in [5, 5.41) is 4.17. The van der Waals surface area contributed by atoms with E-state index in [4.69, 9.17) is 15.2 Å². The molecule has 17 heavy (non-hydrogen) atoms. The zero-order chi connectivity index (χ0) is 12.3. The minimum atomic E-state index is -0.0770. The van der Waals surface area contributed by atoms with Gasteiger partial charge in [0.1, 0.15) is 6.10 Å². The van der Waals surface area contributed by atoms with Gasteiger partial charge < -0.3 is 15.2 Å². The van der Waals surface area contributed by atoms with Crippen LogP contribution in [0.15, 0.2) is 12.4 Å². The van der Waals surface area contributed by atoms with Crippen molar-refractivity contribution in [2.75, 3.05) is 13.2 Å². The van der Waals surface area contributed by atoms with Crippen molar-refractivity contribution in [1.82, 2.24) is 9.78 Å². The predicted molar refractivity (Wildman–Crippen MR) is 64.5 cm³/mol. The Labute approximate surface area is 102 Å². The lowest BCUT2D eigenvalue weighted by Gasteiger charge is -2.29. The number of aryl methyl sites for hydroxylation is 1. The van der Waals surface area contributed by atoms with Gasteiger partial charge in [-0.1, -0.05) is 0 Å². The number of hydrogen-bond donors (Lipinski definition) is 1. The summed E-state index contributed by atoms with van der Waals surface area (Å²) in [6, 6.07) is -0.0398. The fourth-order valence-corrected chi connectivity index (χ4v) is 2.11. The monoisotopic (exact) mass is 239 g/mol. The Morgan fingerprint density at radius 1 is 1.53 bits per heavy atom. The van der Waals surface area contributed by atoms with Crippen molar-refractivity contribution >= 4 is 0 Å². The summed E-state index contributed by atoms with van der Waals surface area (Å²) in [5.74, 6) is 0. The molecule has 0 amide bonds. The fourth-order valence-electron chi connectivity index (χ4n) is 2.11. The lowest BCUT2D eigenvalue weighted by molar-refractivity contribution is -0.0758. The molecule has 1 aliphatic heterocycles. The van der Waals surface area contributed by atoms with Crippen LogP contribution in [0.4, 0.5) is 0 Å². The Morgan fingerprint density at radius 3 is 2.76 bits per heavy atom. The molecule has 0 aromatic carbocycles. The maximum absolute atomic E-state index is 6.09. The molecule has 0 bridgehead atoms. The maximum Gasteiger partial charge on any atom is 0.101 e. The van der Waals surface area contributed by atoms with Crippen molar-refractivity contribution in [1.29, 1.82) is 0 Å². The molecule has 2 atom stereocenters. The summed E-state index contributed by atoms with van der Waals surface area (Å²) < 4.78 is 13.2. The van der Waals surface area contributed by atoms with Crippen LogP contribution < -0.4 is 5.73 Å². The molecule has 2 unspecified atom stereocenters. The Morgan fingerprint density at radius 2 is 2.24 bits per heavy atom. The number of hydrogen-bond acceptors (Lipinski definition) is 4. The second-order valence-corrected chi connectivity index (χ2v) is 4.67. The number of ether oxygens (including phenoxy) is 2. The van der Waals surface area contributed by atoms with E-state index in [1.165, 1.54) is 0 Å². The van der Waals surface area contributed by atoms with Gasteiger partial charge in [0, 0.05) is 38.1 Å². The number of aromatic nitrogens is 2. The van der Waals surface area contributed by atoms with Crippen LogP contribution >= 0.6 is 0 Å². The van der Waals surface area contributed by atoms with Crippen LogP contribution in [-0.4, -0.2) is 35.1 Å². The summed E-state index contributed by atoms with van der Waals surface area (Å²) in [5.41, 5.74) is 7.05. The van der Waals surface area contributed by atoms with E-state index < -0.39 is 0 Å². The Kier molecular flexibility index (Phi) is 4.15. The van der Waals surface area contributed by atoms with Crippen LogP contribution in [0.3, 0.4) is 0 Å². The van der Waals surface area contributed by atoms with Crippen LogP contribution in [0.5, 0.6) is 0 Å².